The Hall–Kier alpha value is -0.570. The molecule has 2 aliphatic rings. The zero-order valence-electron chi connectivity index (χ0n) is 9.29. The summed E-state index contributed by atoms with van der Waals surface area (Å²) in [5, 5.41) is 7.73. The van der Waals surface area contributed by atoms with Gasteiger partial charge in [0.15, 0.2) is 0 Å². The first kappa shape index (κ1) is 9.97. The van der Waals surface area contributed by atoms with Gasteiger partial charge in [0.05, 0.1) is 5.84 Å². The molecule has 2 heterocycles. The zero-order chi connectivity index (χ0) is 10.1. The second-order valence-corrected chi connectivity index (χ2v) is 4.73. The average Bonchev–Trinajstić information content (AvgIpc) is 2.16. The second kappa shape index (κ2) is 3.89. The second-order valence-electron chi connectivity index (χ2n) is 4.73. The number of nitrogens with zero attached hydrogens (tertiary/aromatic N) is 2. The lowest BCUT2D eigenvalue weighted by Crippen LogP contribution is -2.59. The third-order valence-corrected chi connectivity index (χ3v) is 3.62. The molecule has 0 aliphatic carbocycles. The molecular weight excluding hydrogens is 174 g/mol. The Bertz CT molecular complexity index is 227. The Balaban J connectivity index is 2.03. The van der Waals surface area contributed by atoms with Gasteiger partial charge in [-0.2, -0.15) is 0 Å². The van der Waals surface area contributed by atoms with Crippen LogP contribution < -0.4 is 0 Å². The molecule has 2 rings (SSSR count). The highest BCUT2D eigenvalue weighted by molar-refractivity contribution is 5.76. The lowest BCUT2D eigenvalue weighted by atomic mass is 9.97. The Morgan fingerprint density at radius 2 is 2.07 bits per heavy atom. The predicted molar refractivity (Wildman–Crippen MR) is 58.8 cm³/mol. The molecule has 2 unspecified atom stereocenters. The van der Waals surface area contributed by atoms with Crippen molar-refractivity contribution in [2.45, 2.75) is 45.2 Å². The first-order valence-corrected chi connectivity index (χ1v) is 5.74. The van der Waals surface area contributed by atoms with Crippen LogP contribution in [0.25, 0.3) is 0 Å². The molecule has 0 aromatic rings. The van der Waals surface area contributed by atoms with Crippen LogP contribution in [0.2, 0.25) is 0 Å². The largest absolute Gasteiger partial charge is 0.355 e. The molecule has 0 bridgehead atoms. The summed E-state index contributed by atoms with van der Waals surface area (Å²) in [7, 11) is 0. The first-order chi connectivity index (χ1) is 6.68. The fraction of sp³-hybridized carbons (Fsp3) is 0.909. The van der Waals surface area contributed by atoms with E-state index < -0.39 is 0 Å². The van der Waals surface area contributed by atoms with Gasteiger partial charge in [-0.15, -0.1) is 0 Å². The summed E-state index contributed by atoms with van der Waals surface area (Å²) in [5.41, 5.74) is 0. The van der Waals surface area contributed by atoms with E-state index in [1.165, 1.54) is 25.8 Å². The molecule has 0 saturated carbocycles. The smallest absolute Gasteiger partial charge is 0.0929 e. The van der Waals surface area contributed by atoms with Gasteiger partial charge in [0.2, 0.25) is 0 Å². The Morgan fingerprint density at radius 1 is 1.29 bits per heavy atom. The van der Waals surface area contributed by atoms with Crippen molar-refractivity contribution >= 4 is 5.84 Å². The van der Waals surface area contributed by atoms with Gasteiger partial charge in [0.25, 0.3) is 0 Å². The minimum absolute atomic E-state index is 0.529. The number of piperazine rings is 1. The van der Waals surface area contributed by atoms with Gasteiger partial charge in [-0.05, 0) is 33.2 Å². The Kier molecular flexibility index (Phi) is 2.77. The standard InChI is InChI=1S/C11H21N3/c1-9-7-13-6-4-3-5-11(13)8-14(9)10(2)12/h9,11-12H,3-8H2,1-2H3. The van der Waals surface area contributed by atoms with Crippen LogP contribution in [0.4, 0.5) is 0 Å². The molecule has 14 heavy (non-hydrogen) atoms. The SMILES string of the molecule is CC(=N)N1CC2CCCCN2CC1C. The van der Waals surface area contributed by atoms with E-state index >= 15 is 0 Å². The lowest BCUT2D eigenvalue weighted by molar-refractivity contribution is 0.0497. The molecule has 80 valence electrons. The summed E-state index contributed by atoms with van der Waals surface area (Å²) in [6, 6.07) is 1.25. The summed E-state index contributed by atoms with van der Waals surface area (Å²) >= 11 is 0. The van der Waals surface area contributed by atoms with Crippen molar-refractivity contribution in [1.82, 2.24) is 9.80 Å². The van der Waals surface area contributed by atoms with Crippen LogP contribution in [0.5, 0.6) is 0 Å². The van der Waals surface area contributed by atoms with Crippen molar-refractivity contribution in [1.29, 1.82) is 5.41 Å². The number of nitrogens with one attached hydrogen (secondary N) is 1. The molecule has 0 aromatic carbocycles. The minimum Gasteiger partial charge on any atom is -0.355 e. The molecule has 2 saturated heterocycles. The van der Waals surface area contributed by atoms with Gasteiger partial charge in [-0.1, -0.05) is 6.42 Å². The van der Waals surface area contributed by atoms with Crippen LogP contribution in [-0.2, 0) is 0 Å². The maximum atomic E-state index is 7.73. The first-order valence-electron chi connectivity index (χ1n) is 5.74. The lowest BCUT2D eigenvalue weighted by Gasteiger charge is -2.48. The van der Waals surface area contributed by atoms with Gasteiger partial charge in [-0.25, -0.2) is 0 Å². The van der Waals surface area contributed by atoms with E-state index in [1.54, 1.807) is 0 Å². The van der Waals surface area contributed by atoms with Gasteiger partial charge < -0.3 is 4.90 Å². The number of hydrogen-bond acceptors (Lipinski definition) is 2. The molecule has 0 spiro atoms. The van der Waals surface area contributed by atoms with Crippen LogP contribution >= 0.6 is 0 Å². The monoisotopic (exact) mass is 195 g/mol. The van der Waals surface area contributed by atoms with Crippen molar-refractivity contribution < 1.29 is 0 Å². The van der Waals surface area contributed by atoms with Gasteiger partial charge in [-0.3, -0.25) is 10.3 Å². The molecule has 0 amide bonds. The molecule has 2 aliphatic heterocycles. The summed E-state index contributed by atoms with van der Waals surface area (Å²) in [6.07, 6.45) is 4.07. The highest BCUT2D eigenvalue weighted by atomic mass is 15.3. The fourth-order valence-corrected chi connectivity index (χ4v) is 2.82. The Morgan fingerprint density at radius 3 is 2.79 bits per heavy atom. The van der Waals surface area contributed by atoms with E-state index in [2.05, 4.69) is 16.7 Å². The van der Waals surface area contributed by atoms with Crippen LogP contribution in [0.1, 0.15) is 33.1 Å². The maximum Gasteiger partial charge on any atom is 0.0929 e. The minimum atomic E-state index is 0.529. The summed E-state index contributed by atoms with van der Waals surface area (Å²) in [6.45, 7) is 7.66. The zero-order valence-corrected chi connectivity index (χ0v) is 9.29. The maximum absolute atomic E-state index is 7.73. The van der Waals surface area contributed by atoms with Crippen molar-refractivity contribution in [2.24, 2.45) is 0 Å². The number of fused-ring (bicyclic) bond motifs is 1. The van der Waals surface area contributed by atoms with Crippen molar-refractivity contribution in [2.75, 3.05) is 19.6 Å². The van der Waals surface area contributed by atoms with E-state index in [0.29, 0.717) is 6.04 Å². The van der Waals surface area contributed by atoms with E-state index in [0.717, 1.165) is 25.0 Å². The van der Waals surface area contributed by atoms with Crippen molar-refractivity contribution in [3.8, 4) is 0 Å². The van der Waals surface area contributed by atoms with Crippen LogP contribution in [-0.4, -0.2) is 47.4 Å². The van der Waals surface area contributed by atoms with Crippen molar-refractivity contribution in [3.05, 3.63) is 0 Å². The van der Waals surface area contributed by atoms with Gasteiger partial charge >= 0.3 is 0 Å². The third-order valence-electron chi connectivity index (χ3n) is 3.62. The molecule has 3 nitrogen and oxygen atoms in total. The number of rotatable bonds is 0. The average molecular weight is 195 g/mol. The predicted octanol–water partition coefficient (Wildman–Crippen LogP) is 1.54. The highest BCUT2D eigenvalue weighted by Crippen LogP contribution is 2.23. The summed E-state index contributed by atoms with van der Waals surface area (Å²) in [4.78, 5) is 4.88. The summed E-state index contributed by atoms with van der Waals surface area (Å²) in [5.74, 6) is 0.739. The van der Waals surface area contributed by atoms with E-state index in [-0.39, 0.29) is 0 Å². The van der Waals surface area contributed by atoms with Crippen LogP contribution in [0, 0.1) is 5.41 Å². The molecule has 3 heteroatoms. The molecule has 2 fully saturated rings. The number of amidine groups is 1. The van der Waals surface area contributed by atoms with Gasteiger partial charge in [0, 0.05) is 25.2 Å². The van der Waals surface area contributed by atoms with Crippen molar-refractivity contribution in [3.63, 3.8) is 0 Å². The summed E-state index contributed by atoms with van der Waals surface area (Å²) < 4.78 is 0. The van der Waals surface area contributed by atoms with E-state index in [1.807, 2.05) is 6.92 Å². The molecule has 2 atom stereocenters. The topological polar surface area (TPSA) is 30.3 Å². The normalized spacial score (nSPS) is 34.0. The number of piperidine rings is 1. The fourth-order valence-electron chi connectivity index (χ4n) is 2.82. The van der Waals surface area contributed by atoms with Crippen LogP contribution in [0.3, 0.4) is 0 Å². The van der Waals surface area contributed by atoms with E-state index in [9.17, 15) is 0 Å². The number of hydrogen-bond donors (Lipinski definition) is 1. The molecule has 0 radical (unpaired) electrons. The van der Waals surface area contributed by atoms with E-state index in [4.69, 9.17) is 5.41 Å². The third kappa shape index (κ3) is 1.78. The highest BCUT2D eigenvalue weighted by Gasteiger charge is 2.32. The van der Waals surface area contributed by atoms with Crippen LogP contribution in [0.15, 0.2) is 0 Å². The Labute approximate surface area is 86.6 Å². The van der Waals surface area contributed by atoms with Gasteiger partial charge in [0.1, 0.15) is 0 Å². The molecule has 1 N–H and O–H groups in total. The molecule has 0 aromatic heterocycles. The molecular formula is C11H21N3. The quantitative estimate of drug-likeness (QED) is 0.469.